The van der Waals surface area contributed by atoms with Crippen LogP contribution >= 0.6 is 0 Å². The zero-order chi connectivity index (χ0) is 28.1. The molecule has 7 nitrogen and oxygen atoms in total. The van der Waals surface area contributed by atoms with Crippen molar-refractivity contribution in [1.29, 1.82) is 0 Å². The third kappa shape index (κ3) is 6.28. The Balaban J connectivity index is 1.41. The Bertz CT molecular complexity index is 1520. The number of fused-ring (bicyclic) bond motifs is 1. The topological polar surface area (TPSA) is 92.8 Å². The number of carbonyl (C=O) groups excluding carboxylic acids is 2. The summed E-state index contributed by atoms with van der Waals surface area (Å²) < 4.78 is 29.8. The van der Waals surface area contributed by atoms with Gasteiger partial charge < -0.3 is 15.0 Å². The van der Waals surface area contributed by atoms with Crippen molar-refractivity contribution < 1.29 is 22.7 Å². The van der Waals surface area contributed by atoms with Crippen LogP contribution in [0.4, 0.5) is 11.4 Å². The molecule has 0 unspecified atom stereocenters. The smallest absolute Gasteiger partial charge is 0.330 e. The van der Waals surface area contributed by atoms with E-state index in [1.165, 1.54) is 19.6 Å². The van der Waals surface area contributed by atoms with Crippen LogP contribution in [-0.4, -0.2) is 39.7 Å². The first kappa shape index (κ1) is 27.6. The minimum absolute atomic E-state index is 0.00616. The van der Waals surface area contributed by atoms with Gasteiger partial charge in [-0.25, -0.2) is 13.2 Å². The highest BCUT2D eigenvalue weighted by Crippen LogP contribution is 2.33. The molecule has 3 aromatic carbocycles. The highest BCUT2D eigenvalue weighted by molar-refractivity contribution is 7.91. The monoisotopic (exact) mass is 558 g/mol. The van der Waals surface area contributed by atoms with Gasteiger partial charge in [-0.05, 0) is 65.4 Å². The maximum Gasteiger partial charge on any atom is 0.330 e. The molecule has 0 spiro atoms. The van der Waals surface area contributed by atoms with Crippen molar-refractivity contribution >= 4 is 39.2 Å². The molecule has 2 aliphatic rings. The molecule has 0 atom stereocenters. The highest BCUT2D eigenvalue weighted by atomic mass is 32.2. The SMILES string of the molecule is COC(=O)C=Cc1cccc(N(Cc2ccc(-c3ccc4c(c3)S(=O)(=O)CCN4)cc2)C(=O)C2CCCCC2)c1. The molecule has 1 aliphatic heterocycles. The largest absolute Gasteiger partial charge is 0.466 e. The molecule has 1 aliphatic carbocycles. The van der Waals surface area contributed by atoms with Gasteiger partial charge in [-0.3, -0.25) is 4.79 Å². The minimum Gasteiger partial charge on any atom is -0.466 e. The molecule has 5 rings (SSSR count). The zero-order valence-electron chi connectivity index (χ0n) is 22.6. The molecule has 0 saturated heterocycles. The summed E-state index contributed by atoms with van der Waals surface area (Å²) in [4.78, 5) is 27.6. The molecule has 40 heavy (non-hydrogen) atoms. The first-order chi connectivity index (χ1) is 19.3. The van der Waals surface area contributed by atoms with Crippen LogP contribution in [0.2, 0.25) is 0 Å². The van der Waals surface area contributed by atoms with E-state index in [4.69, 9.17) is 4.74 Å². The summed E-state index contributed by atoms with van der Waals surface area (Å²) in [5, 5.41) is 3.16. The fourth-order valence-corrected chi connectivity index (χ4v) is 6.79. The summed E-state index contributed by atoms with van der Waals surface area (Å²) in [6.45, 7) is 0.826. The first-order valence-corrected chi connectivity index (χ1v) is 15.4. The van der Waals surface area contributed by atoms with Gasteiger partial charge in [0.05, 0.1) is 30.0 Å². The third-order valence-electron chi connectivity index (χ3n) is 7.65. The Morgan fingerprint density at radius 1 is 0.975 bits per heavy atom. The molecular weight excluding hydrogens is 524 g/mol. The first-order valence-electron chi connectivity index (χ1n) is 13.7. The molecule has 1 saturated carbocycles. The lowest BCUT2D eigenvalue weighted by Gasteiger charge is -2.30. The lowest BCUT2D eigenvalue weighted by atomic mass is 9.88. The second-order valence-electron chi connectivity index (χ2n) is 10.4. The number of hydrogen-bond donors (Lipinski definition) is 1. The van der Waals surface area contributed by atoms with Gasteiger partial charge in [0.2, 0.25) is 5.91 Å². The van der Waals surface area contributed by atoms with E-state index in [1.807, 2.05) is 65.6 Å². The Labute approximate surface area is 235 Å². The molecule has 0 bridgehead atoms. The van der Waals surface area contributed by atoms with Crippen molar-refractivity contribution in [2.45, 2.75) is 43.5 Å². The summed E-state index contributed by atoms with van der Waals surface area (Å²) >= 11 is 0. The molecule has 8 heteroatoms. The van der Waals surface area contributed by atoms with Gasteiger partial charge >= 0.3 is 5.97 Å². The van der Waals surface area contributed by atoms with Crippen LogP contribution in [0.15, 0.2) is 77.7 Å². The number of nitrogens with one attached hydrogen (secondary N) is 1. The molecule has 1 fully saturated rings. The molecule has 0 aromatic heterocycles. The van der Waals surface area contributed by atoms with Crippen LogP contribution in [0.25, 0.3) is 17.2 Å². The van der Waals surface area contributed by atoms with Crippen molar-refractivity contribution in [3.8, 4) is 11.1 Å². The van der Waals surface area contributed by atoms with Crippen molar-refractivity contribution in [2.24, 2.45) is 5.92 Å². The molecule has 1 heterocycles. The Hall–Kier alpha value is -3.91. The summed E-state index contributed by atoms with van der Waals surface area (Å²) in [5.41, 5.74) is 4.93. The van der Waals surface area contributed by atoms with Gasteiger partial charge in [0.25, 0.3) is 0 Å². The van der Waals surface area contributed by atoms with Crippen molar-refractivity contribution in [3.05, 3.63) is 83.9 Å². The predicted molar refractivity (Wildman–Crippen MR) is 158 cm³/mol. The van der Waals surface area contributed by atoms with Crippen LogP contribution in [0.5, 0.6) is 0 Å². The fourth-order valence-electron chi connectivity index (χ4n) is 5.42. The van der Waals surface area contributed by atoms with E-state index in [-0.39, 0.29) is 17.6 Å². The quantitative estimate of drug-likeness (QED) is 0.289. The van der Waals surface area contributed by atoms with Crippen LogP contribution < -0.4 is 10.2 Å². The number of sulfone groups is 1. The number of esters is 1. The number of amides is 1. The number of benzene rings is 3. The number of methoxy groups -OCH3 is 1. The summed E-state index contributed by atoms with van der Waals surface area (Å²) in [6.07, 6.45) is 8.13. The number of rotatable bonds is 7. The van der Waals surface area contributed by atoms with Crippen LogP contribution in [0.1, 0.15) is 43.2 Å². The van der Waals surface area contributed by atoms with Crippen LogP contribution in [0.3, 0.4) is 0 Å². The molecule has 1 N–H and O–H groups in total. The minimum atomic E-state index is -3.30. The van der Waals surface area contributed by atoms with E-state index in [9.17, 15) is 18.0 Å². The predicted octanol–water partition coefficient (Wildman–Crippen LogP) is 5.85. The maximum atomic E-state index is 13.8. The van der Waals surface area contributed by atoms with Crippen molar-refractivity contribution in [3.63, 3.8) is 0 Å². The zero-order valence-corrected chi connectivity index (χ0v) is 23.5. The number of hydrogen-bond acceptors (Lipinski definition) is 6. The number of carbonyl (C=O) groups is 2. The van der Waals surface area contributed by atoms with E-state index >= 15 is 0 Å². The maximum absolute atomic E-state index is 13.8. The average molecular weight is 559 g/mol. The van der Waals surface area contributed by atoms with Gasteiger partial charge in [-0.1, -0.05) is 61.7 Å². The van der Waals surface area contributed by atoms with Crippen molar-refractivity contribution in [1.82, 2.24) is 0 Å². The highest BCUT2D eigenvalue weighted by Gasteiger charge is 2.27. The average Bonchev–Trinajstić information content (AvgIpc) is 2.99. The molecule has 208 valence electrons. The van der Waals surface area contributed by atoms with E-state index < -0.39 is 15.8 Å². The standard InChI is InChI=1S/C32H34N2O5S/c1-39-31(35)17-12-23-6-5-9-28(20-23)34(32(36)26-7-3-2-4-8-26)22-24-10-13-25(14-11-24)27-15-16-29-30(21-27)40(37,38)19-18-33-29/h5-6,9-17,20-21,26,33H,2-4,7-8,18-19,22H2,1H3. The van der Waals surface area contributed by atoms with Gasteiger partial charge in [0.15, 0.2) is 9.84 Å². The van der Waals surface area contributed by atoms with Gasteiger partial charge in [-0.15, -0.1) is 0 Å². The lowest BCUT2D eigenvalue weighted by Crippen LogP contribution is -2.36. The second kappa shape index (κ2) is 12.1. The summed E-state index contributed by atoms with van der Waals surface area (Å²) in [6, 6.07) is 21.0. The Morgan fingerprint density at radius 3 is 2.48 bits per heavy atom. The molecular formula is C32H34N2O5S. The van der Waals surface area contributed by atoms with Gasteiger partial charge in [0, 0.05) is 24.2 Å². The lowest BCUT2D eigenvalue weighted by molar-refractivity contribution is -0.134. The normalized spacial score (nSPS) is 16.6. The van der Waals surface area contributed by atoms with Crippen LogP contribution in [0, 0.1) is 5.92 Å². The van der Waals surface area contributed by atoms with Crippen LogP contribution in [-0.2, 0) is 30.7 Å². The van der Waals surface area contributed by atoms with E-state index in [2.05, 4.69) is 5.32 Å². The molecule has 3 aromatic rings. The van der Waals surface area contributed by atoms with Gasteiger partial charge in [0.1, 0.15) is 0 Å². The summed E-state index contributed by atoms with van der Waals surface area (Å²) in [7, 11) is -1.96. The van der Waals surface area contributed by atoms with Crippen molar-refractivity contribution in [2.75, 3.05) is 29.6 Å². The van der Waals surface area contributed by atoms with Gasteiger partial charge in [-0.2, -0.15) is 0 Å². The van der Waals surface area contributed by atoms with E-state index in [0.29, 0.717) is 23.7 Å². The van der Waals surface area contributed by atoms with E-state index in [1.54, 1.807) is 12.1 Å². The summed E-state index contributed by atoms with van der Waals surface area (Å²) in [5.74, 6) is -0.237. The van der Waals surface area contributed by atoms with E-state index in [0.717, 1.165) is 53.6 Å². The number of ether oxygens (including phenoxy) is 1. The Morgan fingerprint density at radius 2 is 1.73 bits per heavy atom. The number of anilines is 2. The Kier molecular flexibility index (Phi) is 8.35. The fraction of sp³-hybridized carbons (Fsp3) is 0.312. The second-order valence-corrected chi connectivity index (χ2v) is 12.4. The molecule has 0 radical (unpaired) electrons. The molecule has 1 amide bonds. The third-order valence-corrected chi connectivity index (χ3v) is 9.40. The number of nitrogens with zero attached hydrogens (tertiary/aromatic N) is 1.